The Morgan fingerprint density at radius 1 is 1.16 bits per heavy atom. The Labute approximate surface area is 186 Å². The second-order valence-electron chi connectivity index (χ2n) is 9.30. The van der Waals surface area contributed by atoms with E-state index in [1.807, 2.05) is 29.3 Å². The van der Waals surface area contributed by atoms with Crippen LogP contribution in [0.25, 0.3) is 0 Å². The normalized spacial score (nSPS) is 22.5. The molecule has 1 aromatic heterocycles. The molecule has 0 unspecified atom stereocenters. The molecule has 172 valence electrons. The molecule has 0 radical (unpaired) electrons. The number of likely N-dealkylation sites (N-methyl/N-ethyl adjacent to an activating group) is 1. The van der Waals surface area contributed by atoms with Gasteiger partial charge in [-0.25, -0.2) is 4.79 Å². The Bertz CT molecular complexity index is 693. The summed E-state index contributed by atoms with van der Waals surface area (Å²) in [7, 11) is 2.10. The highest BCUT2D eigenvalue weighted by molar-refractivity contribution is 5.74. The van der Waals surface area contributed by atoms with Crippen LogP contribution >= 0.6 is 0 Å². The number of aromatic nitrogens is 1. The van der Waals surface area contributed by atoms with E-state index in [9.17, 15) is 14.7 Å². The number of aliphatic carboxylic acids is 1. The van der Waals surface area contributed by atoms with Gasteiger partial charge < -0.3 is 20.2 Å². The molecule has 7 nitrogen and oxygen atoms in total. The summed E-state index contributed by atoms with van der Waals surface area (Å²) < 4.78 is 0. The molecular weight excluding hydrogens is 392 g/mol. The summed E-state index contributed by atoms with van der Waals surface area (Å²) in [5, 5.41) is 12.6. The van der Waals surface area contributed by atoms with Crippen LogP contribution in [0, 0.1) is 11.8 Å². The van der Waals surface area contributed by atoms with Crippen molar-refractivity contribution < 1.29 is 14.7 Å². The van der Waals surface area contributed by atoms with E-state index < -0.39 is 5.97 Å². The van der Waals surface area contributed by atoms with Crippen LogP contribution in [-0.4, -0.2) is 71.2 Å². The minimum absolute atomic E-state index is 0.0363. The van der Waals surface area contributed by atoms with Crippen molar-refractivity contribution in [2.24, 2.45) is 11.8 Å². The van der Waals surface area contributed by atoms with Gasteiger partial charge >= 0.3 is 12.0 Å². The number of carbonyl (C=O) groups is 2. The second-order valence-corrected chi connectivity index (χ2v) is 9.30. The summed E-state index contributed by atoms with van der Waals surface area (Å²) in [4.78, 5) is 32.8. The SMILES string of the molecule is CN(CCc1ccccn1)CC[C@@H]1CN(C(=O)NC2CCCCC2)CC[C@H]1CC(=O)O. The van der Waals surface area contributed by atoms with Crippen molar-refractivity contribution in [3.05, 3.63) is 30.1 Å². The van der Waals surface area contributed by atoms with E-state index in [0.717, 1.165) is 50.9 Å². The van der Waals surface area contributed by atoms with E-state index in [2.05, 4.69) is 22.2 Å². The zero-order chi connectivity index (χ0) is 22.1. The van der Waals surface area contributed by atoms with Gasteiger partial charge in [0.1, 0.15) is 0 Å². The summed E-state index contributed by atoms with van der Waals surface area (Å²) in [5.74, 6) is -0.377. The Hall–Kier alpha value is -2.15. The molecule has 2 fully saturated rings. The third-order valence-electron chi connectivity index (χ3n) is 6.91. The zero-order valence-corrected chi connectivity index (χ0v) is 18.8. The molecule has 31 heavy (non-hydrogen) atoms. The summed E-state index contributed by atoms with van der Waals surface area (Å²) in [6.45, 7) is 3.12. The van der Waals surface area contributed by atoms with E-state index in [0.29, 0.717) is 19.1 Å². The quantitative estimate of drug-likeness (QED) is 0.627. The molecule has 0 bridgehead atoms. The van der Waals surface area contributed by atoms with Gasteiger partial charge in [-0.15, -0.1) is 0 Å². The molecule has 2 aliphatic rings. The average Bonchev–Trinajstić information content (AvgIpc) is 2.78. The number of nitrogens with one attached hydrogen (secondary N) is 1. The number of hydrogen-bond acceptors (Lipinski definition) is 4. The highest BCUT2D eigenvalue weighted by atomic mass is 16.4. The van der Waals surface area contributed by atoms with Gasteiger partial charge in [-0.05, 0) is 63.2 Å². The lowest BCUT2D eigenvalue weighted by atomic mass is 9.81. The number of carbonyl (C=O) groups excluding carboxylic acids is 1. The molecule has 0 aromatic carbocycles. The maximum absolute atomic E-state index is 12.8. The minimum Gasteiger partial charge on any atom is -0.481 e. The van der Waals surface area contributed by atoms with Crippen molar-refractivity contribution in [1.29, 1.82) is 0 Å². The zero-order valence-electron chi connectivity index (χ0n) is 18.8. The highest BCUT2D eigenvalue weighted by Gasteiger charge is 2.33. The molecule has 1 saturated carbocycles. The van der Waals surface area contributed by atoms with E-state index in [-0.39, 0.29) is 24.3 Å². The molecule has 1 aromatic rings. The molecule has 0 spiro atoms. The summed E-state index contributed by atoms with van der Waals surface area (Å²) in [6, 6.07) is 6.31. The van der Waals surface area contributed by atoms with Crippen molar-refractivity contribution in [3.8, 4) is 0 Å². The van der Waals surface area contributed by atoms with Gasteiger partial charge in [-0.3, -0.25) is 9.78 Å². The number of nitrogens with zero attached hydrogens (tertiary/aromatic N) is 3. The fourth-order valence-electron chi connectivity index (χ4n) is 4.95. The lowest BCUT2D eigenvalue weighted by Crippen LogP contribution is -2.51. The van der Waals surface area contributed by atoms with E-state index in [1.165, 1.54) is 19.3 Å². The highest BCUT2D eigenvalue weighted by Crippen LogP contribution is 2.30. The van der Waals surface area contributed by atoms with Crippen LogP contribution in [0.15, 0.2) is 24.4 Å². The number of pyridine rings is 1. The monoisotopic (exact) mass is 430 g/mol. The third-order valence-corrected chi connectivity index (χ3v) is 6.91. The Morgan fingerprint density at radius 2 is 1.97 bits per heavy atom. The Balaban J connectivity index is 1.49. The maximum Gasteiger partial charge on any atom is 0.317 e. The van der Waals surface area contributed by atoms with E-state index in [1.54, 1.807) is 0 Å². The van der Waals surface area contributed by atoms with Crippen molar-refractivity contribution in [1.82, 2.24) is 20.1 Å². The van der Waals surface area contributed by atoms with Crippen molar-refractivity contribution in [3.63, 3.8) is 0 Å². The van der Waals surface area contributed by atoms with Gasteiger partial charge in [0, 0.05) is 50.4 Å². The molecular formula is C24H38N4O3. The smallest absolute Gasteiger partial charge is 0.317 e. The molecule has 2 N–H and O–H groups in total. The number of hydrogen-bond donors (Lipinski definition) is 2. The minimum atomic E-state index is -0.737. The molecule has 1 aliphatic carbocycles. The van der Waals surface area contributed by atoms with Crippen molar-refractivity contribution >= 4 is 12.0 Å². The van der Waals surface area contributed by atoms with Gasteiger partial charge in [-0.2, -0.15) is 0 Å². The second kappa shape index (κ2) is 12.0. The fourth-order valence-corrected chi connectivity index (χ4v) is 4.95. The van der Waals surface area contributed by atoms with Gasteiger partial charge in [0.2, 0.25) is 0 Å². The van der Waals surface area contributed by atoms with Gasteiger partial charge in [0.05, 0.1) is 0 Å². The number of urea groups is 1. The lowest BCUT2D eigenvalue weighted by molar-refractivity contribution is -0.139. The molecule has 7 heteroatoms. The van der Waals surface area contributed by atoms with Crippen LogP contribution in [0.1, 0.15) is 57.1 Å². The molecule has 2 heterocycles. The van der Waals surface area contributed by atoms with E-state index >= 15 is 0 Å². The topological polar surface area (TPSA) is 85.8 Å². The van der Waals surface area contributed by atoms with Crippen LogP contribution in [-0.2, 0) is 11.2 Å². The summed E-state index contributed by atoms with van der Waals surface area (Å²) >= 11 is 0. The number of rotatable bonds is 9. The largest absolute Gasteiger partial charge is 0.481 e. The first-order chi connectivity index (χ1) is 15.0. The Morgan fingerprint density at radius 3 is 2.68 bits per heavy atom. The van der Waals surface area contributed by atoms with Gasteiger partial charge in [0.25, 0.3) is 0 Å². The molecule has 1 saturated heterocycles. The number of piperidine rings is 1. The number of carboxylic acid groups (broad SMARTS) is 1. The standard InChI is InChI=1S/C24H38N4O3/c1-27(15-12-21-7-5-6-13-25-21)14-10-20-18-28(16-11-19(20)17-23(29)30)24(31)26-22-8-3-2-4-9-22/h5-7,13,19-20,22H,2-4,8-12,14-18H2,1H3,(H,26,31)(H,29,30)/t19-,20+/m0/s1. The molecule has 2 amide bonds. The number of likely N-dealkylation sites (tertiary alicyclic amines) is 1. The molecule has 3 rings (SSSR count). The Kier molecular flexibility index (Phi) is 9.13. The third kappa shape index (κ3) is 7.80. The van der Waals surface area contributed by atoms with Crippen molar-refractivity contribution in [2.75, 3.05) is 33.2 Å². The number of carboxylic acids is 1. The maximum atomic E-state index is 12.8. The van der Waals surface area contributed by atoms with Crippen molar-refractivity contribution in [2.45, 2.75) is 63.8 Å². The first-order valence-electron chi connectivity index (χ1n) is 11.9. The molecule has 2 atom stereocenters. The van der Waals surface area contributed by atoms with Crippen LogP contribution in [0.3, 0.4) is 0 Å². The first kappa shape index (κ1) is 23.5. The van der Waals surface area contributed by atoms with Gasteiger partial charge in [0.15, 0.2) is 0 Å². The van der Waals surface area contributed by atoms with Crippen LogP contribution in [0.4, 0.5) is 4.79 Å². The van der Waals surface area contributed by atoms with Crippen LogP contribution < -0.4 is 5.32 Å². The average molecular weight is 431 g/mol. The lowest BCUT2D eigenvalue weighted by Gasteiger charge is -2.39. The van der Waals surface area contributed by atoms with Crippen LogP contribution in [0.5, 0.6) is 0 Å². The molecule has 1 aliphatic heterocycles. The number of amides is 2. The van der Waals surface area contributed by atoms with Crippen LogP contribution in [0.2, 0.25) is 0 Å². The fraction of sp³-hybridized carbons (Fsp3) is 0.708. The van der Waals surface area contributed by atoms with E-state index in [4.69, 9.17) is 0 Å². The summed E-state index contributed by atoms with van der Waals surface area (Å²) in [6.07, 6.45) is 10.4. The van der Waals surface area contributed by atoms with Gasteiger partial charge in [-0.1, -0.05) is 25.3 Å². The predicted molar refractivity (Wildman–Crippen MR) is 121 cm³/mol. The first-order valence-corrected chi connectivity index (χ1v) is 11.9. The predicted octanol–water partition coefficient (Wildman–Crippen LogP) is 3.40. The summed E-state index contributed by atoms with van der Waals surface area (Å²) in [5.41, 5.74) is 1.08.